The molecule has 0 unspecified atom stereocenters. The van der Waals surface area contributed by atoms with Gasteiger partial charge in [0.2, 0.25) is 0 Å². The van der Waals surface area contributed by atoms with Crippen molar-refractivity contribution in [1.82, 2.24) is 14.9 Å². The van der Waals surface area contributed by atoms with Crippen LogP contribution in [0.1, 0.15) is 24.1 Å². The SMILES string of the molecule is O=c1[nH]c2ccccc2nc1CN(Cc1ccc(F)cc1F)C1CC1. The summed E-state index contributed by atoms with van der Waals surface area (Å²) in [5.41, 5.74) is 2.02. The number of aromatic nitrogens is 2. The normalized spacial score (nSPS) is 14.4. The molecule has 128 valence electrons. The first kappa shape index (κ1) is 15.9. The Morgan fingerprint density at radius 1 is 1.12 bits per heavy atom. The molecule has 25 heavy (non-hydrogen) atoms. The molecule has 1 heterocycles. The summed E-state index contributed by atoms with van der Waals surface area (Å²) in [6.07, 6.45) is 2.02. The van der Waals surface area contributed by atoms with Crippen molar-refractivity contribution in [1.29, 1.82) is 0 Å². The lowest BCUT2D eigenvalue weighted by Gasteiger charge is -2.21. The zero-order valence-electron chi connectivity index (χ0n) is 13.5. The number of nitrogens with zero attached hydrogens (tertiary/aromatic N) is 2. The minimum absolute atomic E-state index is 0.232. The minimum atomic E-state index is -0.591. The standard InChI is InChI=1S/C19H17F2N3O/c20-13-6-5-12(15(21)9-13)10-24(14-7-8-14)11-18-19(25)23-17-4-2-1-3-16(17)22-18/h1-6,9,14H,7-8,10-11H2,(H,23,25). The van der Waals surface area contributed by atoms with Gasteiger partial charge in [-0.1, -0.05) is 18.2 Å². The van der Waals surface area contributed by atoms with Crippen molar-refractivity contribution in [3.8, 4) is 0 Å². The number of aromatic amines is 1. The average molecular weight is 341 g/mol. The number of rotatable bonds is 5. The molecule has 3 aromatic rings. The van der Waals surface area contributed by atoms with Gasteiger partial charge >= 0.3 is 0 Å². The molecule has 2 aromatic carbocycles. The monoisotopic (exact) mass is 341 g/mol. The molecule has 0 saturated heterocycles. The molecule has 1 aliphatic rings. The van der Waals surface area contributed by atoms with Crippen LogP contribution in [-0.4, -0.2) is 20.9 Å². The van der Waals surface area contributed by atoms with Crippen molar-refractivity contribution in [2.24, 2.45) is 0 Å². The van der Waals surface area contributed by atoms with E-state index in [1.54, 1.807) is 6.07 Å². The highest BCUT2D eigenvalue weighted by atomic mass is 19.1. The molecule has 4 rings (SSSR count). The summed E-state index contributed by atoms with van der Waals surface area (Å²) in [5.74, 6) is -1.15. The molecule has 1 N–H and O–H groups in total. The summed E-state index contributed by atoms with van der Waals surface area (Å²) in [7, 11) is 0. The van der Waals surface area contributed by atoms with E-state index in [1.807, 2.05) is 23.1 Å². The van der Waals surface area contributed by atoms with Gasteiger partial charge in [0.25, 0.3) is 5.56 Å². The van der Waals surface area contributed by atoms with Crippen LogP contribution in [0.15, 0.2) is 47.3 Å². The fraction of sp³-hybridized carbons (Fsp3) is 0.263. The summed E-state index contributed by atoms with van der Waals surface area (Å²) < 4.78 is 27.1. The maximum Gasteiger partial charge on any atom is 0.271 e. The molecule has 6 heteroatoms. The topological polar surface area (TPSA) is 49.0 Å². The van der Waals surface area contributed by atoms with Crippen molar-refractivity contribution < 1.29 is 8.78 Å². The highest BCUT2D eigenvalue weighted by molar-refractivity contribution is 5.73. The summed E-state index contributed by atoms with van der Waals surface area (Å²) in [6.45, 7) is 0.659. The van der Waals surface area contributed by atoms with Crippen molar-refractivity contribution in [3.05, 3.63) is 75.7 Å². The van der Waals surface area contributed by atoms with Gasteiger partial charge in [-0.25, -0.2) is 13.8 Å². The van der Waals surface area contributed by atoms with E-state index >= 15 is 0 Å². The van der Waals surface area contributed by atoms with Crippen LogP contribution >= 0.6 is 0 Å². The Morgan fingerprint density at radius 2 is 1.92 bits per heavy atom. The van der Waals surface area contributed by atoms with Crippen molar-refractivity contribution in [3.63, 3.8) is 0 Å². The van der Waals surface area contributed by atoms with Gasteiger partial charge in [-0.15, -0.1) is 0 Å². The number of hydrogen-bond acceptors (Lipinski definition) is 3. The van der Waals surface area contributed by atoms with Gasteiger partial charge in [-0.2, -0.15) is 0 Å². The van der Waals surface area contributed by atoms with Crippen LogP contribution in [0.4, 0.5) is 8.78 Å². The third-order valence-corrected chi connectivity index (χ3v) is 4.47. The summed E-state index contributed by atoms with van der Waals surface area (Å²) in [5, 5.41) is 0. The smallest absolute Gasteiger partial charge is 0.271 e. The lowest BCUT2D eigenvalue weighted by Crippen LogP contribution is -2.30. The van der Waals surface area contributed by atoms with E-state index in [0.717, 1.165) is 24.4 Å². The molecular formula is C19H17F2N3O. The number of para-hydroxylation sites is 2. The lowest BCUT2D eigenvalue weighted by atomic mass is 10.2. The lowest BCUT2D eigenvalue weighted by molar-refractivity contribution is 0.238. The number of hydrogen-bond donors (Lipinski definition) is 1. The predicted molar refractivity (Wildman–Crippen MR) is 91.0 cm³/mol. The Labute approximate surface area is 143 Å². The fourth-order valence-electron chi connectivity index (χ4n) is 2.99. The quantitative estimate of drug-likeness (QED) is 0.774. The highest BCUT2D eigenvalue weighted by Gasteiger charge is 2.30. The maximum atomic E-state index is 14.0. The molecule has 1 fully saturated rings. The van der Waals surface area contributed by atoms with Gasteiger partial charge in [-0.05, 0) is 31.0 Å². The first-order valence-corrected chi connectivity index (χ1v) is 8.26. The number of nitrogens with one attached hydrogen (secondary N) is 1. The molecule has 0 spiro atoms. The van der Waals surface area contributed by atoms with Crippen LogP contribution in [0.25, 0.3) is 11.0 Å². The number of halogens is 2. The molecule has 0 amide bonds. The van der Waals surface area contributed by atoms with Crippen molar-refractivity contribution >= 4 is 11.0 Å². The Morgan fingerprint density at radius 3 is 2.68 bits per heavy atom. The Hall–Kier alpha value is -2.60. The van der Waals surface area contributed by atoms with Gasteiger partial charge in [0, 0.05) is 30.8 Å². The van der Waals surface area contributed by atoms with Gasteiger partial charge in [0.05, 0.1) is 11.0 Å². The summed E-state index contributed by atoms with van der Waals surface area (Å²) >= 11 is 0. The van der Waals surface area contributed by atoms with Crippen LogP contribution in [-0.2, 0) is 13.1 Å². The van der Waals surface area contributed by atoms with E-state index in [0.29, 0.717) is 35.9 Å². The molecule has 0 aliphatic heterocycles. The number of fused-ring (bicyclic) bond motifs is 1. The largest absolute Gasteiger partial charge is 0.319 e. The second kappa shape index (κ2) is 6.37. The maximum absolute atomic E-state index is 14.0. The Bertz CT molecular complexity index is 982. The van der Waals surface area contributed by atoms with Crippen LogP contribution in [0.3, 0.4) is 0 Å². The molecule has 0 atom stereocenters. The first-order chi connectivity index (χ1) is 12.1. The van der Waals surface area contributed by atoms with Crippen LogP contribution < -0.4 is 5.56 Å². The molecule has 1 aliphatic carbocycles. The van der Waals surface area contributed by atoms with Crippen LogP contribution in [0.2, 0.25) is 0 Å². The van der Waals surface area contributed by atoms with Crippen molar-refractivity contribution in [2.45, 2.75) is 32.0 Å². The van der Waals surface area contributed by atoms with Gasteiger partial charge < -0.3 is 4.98 Å². The zero-order valence-corrected chi connectivity index (χ0v) is 13.5. The van der Waals surface area contributed by atoms with E-state index in [2.05, 4.69) is 9.97 Å². The summed E-state index contributed by atoms with van der Waals surface area (Å²) in [6, 6.07) is 11.3. The highest BCUT2D eigenvalue weighted by Crippen LogP contribution is 2.30. The van der Waals surface area contributed by atoms with Crippen molar-refractivity contribution in [2.75, 3.05) is 0 Å². The van der Waals surface area contributed by atoms with E-state index in [-0.39, 0.29) is 5.56 Å². The molecule has 0 bridgehead atoms. The third-order valence-electron chi connectivity index (χ3n) is 4.47. The second-order valence-corrected chi connectivity index (χ2v) is 6.40. The first-order valence-electron chi connectivity index (χ1n) is 8.26. The summed E-state index contributed by atoms with van der Waals surface area (Å²) in [4.78, 5) is 21.6. The third kappa shape index (κ3) is 3.44. The van der Waals surface area contributed by atoms with E-state index < -0.39 is 11.6 Å². The van der Waals surface area contributed by atoms with E-state index in [4.69, 9.17) is 0 Å². The van der Waals surface area contributed by atoms with Gasteiger partial charge in [-0.3, -0.25) is 9.69 Å². The fourth-order valence-corrected chi connectivity index (χ4v) is 2.99. The molecule has 1 aromatic heterocycles. The minimum Gasteiger partial charge on any atom is -0.319 e. The molecule has 4 nitrogen and oxygen atoms in total. The van der Waals surface area contributed by atoms with E-state index in [9.17, 15) is 13.6 Å². The molecule has 0 radical (unpaired) electrons. The van der Waals surface area contributed by atoms with Crippen LogP contribution in [0.5, 0.6) is 0 Å². The predicted octanol–water partition coefficient (Wildman–Crippen LogP) is 3.37. The number of benzene rings is 2. The Kier molecular flexibility index (Phi) is 4.05. The van der Waals surface area contributed by atoms with E-state index in [1.165, 1.54) is 12.1 Å². The zero-order chi connectivity index (χ0) is 17.4. The average Bonchev–Trinajstić information content (AvgIpc) is 3.42. The van der Waals surface area contributed by atoms with Gasteiger partial charge in [0.15, 0.2) is 0 Å². The van der Waals surface area contributed by atoms with Crippen LogP contribution in [0, 0.1) is 11.6 Å². The Balaban J connectivity index is 1.62. The molecule has 1 saturated carbocycles. The number of H-pyrrole nitrogens is 1. The van der Waals surface area contributed by atoms with Gasteiger partial charge in [0.1, 0.15) is 17.3 Å². The second-order valence-electron chi connectivity index (χ2n) is 6.40. The molecular weight excluding hydrogens is 324 g/mol.